The van der Waals surface area contributed by atoms with Gasteiger partial charge < -0.3 is 15.4 Å². The number of rotatable bonds is 7. The van der Waals surface area contributed by atoms with Crippen LogP contribution in [0.25, 0.3) is 0 Å². The largest absolute Gasteiger partial charge is 0.462 e. The fourth-order valence-corrected chi connectivity index (χ4v) is 3.65. The quantitative estimate of drug-likeness (QED) is 0.504. The Morgan fingerprint density at radius 2 is 1.93 bits per heavy atom. The number of carbonyl (C=O) groups excluding carboxylic acids is 3. The fourth-order valence-electron chi connectivity index (χ4n) is 2.55. The number of hydrogen-bond acceptors (Lipinski definition) is 8. The summed E-state index contributed by atoms with van der Waals surface area (Å²) in [4.78, 5) is 37.8. The molecule has 0 unspecified atom stereocenters. The van der Waals surface area contributed by atoms with Crippen LogP contribution in [0.3, 0.4) is 0 Å². The monoisotopic (exact) mass is 414 g/mol. The van der Waals surface area contributed by atoms with Gasteiger partial charge in [-0.05, 0) is 31.5 Å². The summed E-state index contributed by atoms with van der Waals surface area (Å²) in [5, 5.41) is 18.7. The second-order valence-electron chi connectivity index (χ2n) is 5.85. The molecular formula is C18H18N6O4S. The maximum absolute atomic E-state index is 12.7. The summed E-state index contributed by atoms with van der Waals surface area (Å²) in [5.41, 5.74) is 1.19. The van der Waals surface area contributed by atoms with Crippen LogP contribution in [0.1, 0.15) is 38.3 Å². The first kappa shape index (κ1) is 20.1. The third kappa shape index (κ3) is 4.82. The van der Waals surface area contributed by atoms with Gasteiger partial charge in [-0.1, -0.05) is 23.4 Å². The smallest absolute Gasteiger partial charge is 0.341 e. The Bertz CT molecular complexity index is 1020. The highest BCUT2D eigenvalue weighted by Crippen LogP contribution is 2.34. The number of ether oxygens (including phenoxy) is 1. The minimum absolute atomic E-state index is 0.138. The van der Waals surface area contributed by atoms with Gasteiger partial charge in [0.15, 0.2) is 5.82 Å². The number of amides is 2. The van der Waals surface area contributed by atoms with E-state index < -0.39 is 11.9 Å². The molecule has 2 amide bonds. The zero-order chi connectivity index (χ0) is 20.8. The molecule has 0 radical (unpaired) electrons. The summed E-state index contributed by atoms with van der Waals surface area (Å²) in [6.45, 7) is 3.48. The highest BCUT2D eigenvalue weighted by Gasteiger charge is 2.27. The number of hydrogen-bond donors (Lipinski definition) is 3. The van der Waals surface area contributed by atoms with E-state index in [0.717, 1.165) is 11.3 Å². The standard InChI is InChI=1S/C18H18N6O4S/c1-3-28-18(27)14-10(2)15(16(26)19-11-7-5-4-6-8-11)29-17(14)20-13(25)9-12-21-23-24-22-12/h4-8H,3,9H2,1-2H3,(H,19,26)(H,20,25)(H,21,22,23,24). The number of aromatic amines is 1. The highest BCUT2D eigenvalue weighted by molar-refractivity contribution is 7.18. The van der Waals surface area contributed by atoms with E-state index in [4.69, 9.17) is 4.74 Å². The van der Waals surface area contributed by atoms with Crippen LogP contribution in [0.4, 0.5) is 10.7 Å². The van der Waals surface area contributed by atoms with Gasteiger partial charge in [0.05, 0.1) is 23.5 Å². The molecule has 10 nitrogen and oxygen atoms in total. The number of anilines is 2. The number of nitrogens with one attached hydrogen (secondary N) is 3. The molecule has 0 atom stereocenters. The fraction of sp³-hybridized carbons (Fsp3) is 0.222. The minimum atomic E-state index is -0.616. The Hall–Kier alpha value is -3.60. The third-order valence-corrected chi connectivity index (χ3v) is 5.03. The topological polar surface area (TPSA) is 139 Å². The molecule has 3 N–H and O–H groups in total. The average Bonchev–Trinajstić information content (AvgIpc) is 3.30. The van der Waals surface area contributed by atoms with Crippen molar-refractivity contribution in [3.63, 3.8) is 0 Å². The zero-order valence-corrected chi connectivity index (χ0v) is 16.5. The van der Waals surface area contributed by atoms with E-state index in [0.29, 0.717) is 16.1 Å². The normalized spacial score (nSPS) is 10.4. The Morgan fingerprint density at radius 1 is 1.17 bits per heavy atom. The van der Waals surface area contributed by atoms with Crippen molar-refractivity contribution in [2.24, 2.45) is 0 Å². The van der Waals surface area contributed by atoms with Gasteiger partial charge in [0.2, 0.25) is 5.91 Å². The van der Waals surface area contributed by atoms with E-state index in [-0.39, 0.29) is 35.3 Å². The highest BCUT2D eigenvalue weighted by atomic mass is 32.1. The number of tetrazole rings is 1. The lowest BCUT2D eigenvalue weighted by molar-refractivity contribution is -0.115. The van der Waals surface area contributed by atoms with Gasteiger partial charge in [-0.3, -0.25) is 9.59 Å². The molecule has 0 aliphatic heterocycles. The molecule has 11 heteroatoms. The van der Waals surface area contributed by atoms with Crippen molar-refractivity contribution in [2.75, 3.05) is 17.2 Å². The van der Waals surface area contributed by atoms with Crippen molar-refractivity contribution in [1.29, 1.82) is 0 Å². The molecule has 2 heterocycles. The van der Waals surface area contributed by atoms with Crippen LogP contribution in [-0.4, -0.2) is 45.0 Å². The summed E-state index contributed by atoms with van der Waals surface area (Å²) in [6, 6.07) is 8.93. The zero-order valence-electron chi connectivity index (χ0n) is 15.7. The molecule has 1 aromatic carbocycles. The van der Waals surface area contributed by atoms with Crippen molar-refractivity contribution in [1.82, 2.24) is 20.6 Å². The van der Waals surface area contributed by atoms with Crippen molar-refractivity contribution in [3.05, 3.63) is 52.2 Å². The maximum Gasteiger partial charge on any atom is 0.341 e. The molecule has 0 saturated carbocycles. The summed E-state index contributed by atoms with van der Waals surface area (Å²) >= 11 is 1.000. The summed E-state index contributed by atoms with van der Waals surface area (Å²) in [5.74, 6) is -1.25. The lowest BCUT2D eigenvalue weighted by Gasteiger charge is -2.06. The lowest BCUT2D eigenvalue weighted by Crippen LogP contribution is -2.17. The number of nitrogens with zero attached hydrogens (tertiary/aromatic N) is 3. The molecule has 0 spiro atoms. The van der Waals surface area contributed by atoms with Gasteiger partial charge >= 0.3 is 5.97 Å². The predicted molar refractivity (Wildman–Crippen MR) is 106 cm³/mol. The molecule has 150 valence electrons. The van der Waals surface area contributed by atoms with E-state index in [1.54, 1.807) is 38.1 Å². The van der Waals surface area contributed by atoms with Crippen LogP contribution in [0.15, 0.2) is 30.3 Å². The van der Waals surface area contributed by atoms with Crippen LogP contribution in [0.2, 0.25) is 0 Å². The van der Waals surface area contributed by atoms with Gasteiger partial charge in [0.1, 0.15) is 5.00 Å². The SMILES string of the molecule is CCOC(=O)c1c(NC(=O)Cc2nn[nH]n2)sc(C(=O)Nc2ccccc2)c1C. The average molecular weight is 414 g/mol. The van der Waals surface area contributed by atoms with Gasteiger partial charge in [-0.25, -0.2) is 4.79 Å². The van der Waals surface area contributed by atoms with Crippen molar-refractivity contribution in [2.45, 2.75) is 20.3 Å². The molecule has 2 aromatic heterocycles. The molecule has 3 rings (SSSR count). The molecule has 0 saturated heterocycles. The van der Waals surface area contributed by atoms with Gasteiger partial charge in [-0.2, -0.15) is 5.21 Å². The second-order valence-corrected chi connectivity index (χ2v) is 6.87. The first-order valence-electron chi connectivity index (χ1n) is 8.68. The molecular weight excluding hydrogens is 396 g/mol. The Labute approximate surface area is 169 Å². The van der Waals surface area contributed by atoms with Crippen LogP contribution < -0.4 is 10.6 Å². The van der Waals surface area contributed by atoms with Crippen LogP contribution >= 0.6 is 11.3 Å². The number of thiophene rings is 1. The van der Waals surface area contributed by atoms with Gasteiger partial charge in [0.25, 0.3) is 5.91 Å². The summed E-state index contributed by atoms with van der Waals surface area (Å²) in [7, 11) is 0. The number of carbonyl (C=O) groups is 3. The molecule has 0 fully saturated rings. The number of H-pyrrole nitrogens is 1. The Balaban J connectivity index is 1.87. The lowest BCUT2D eigenvalue weighted by atomic mass is 10.1. The third-order valence-electron chi connectivity index (χ3n) is 3.83. The van der Waals surface area contributed by atoms with E-state index in [1.165, 1.54) is 0 Å². The van der Waals surface area contributed by atoms with E-state index in [2.05, 4.69) is 31.3 Å². The number of benzene rings is 1. The van der Waals surface area contributed by atoms with Crippen molar-refractivity contribution < 1.29 is 19.1 Å². The Kier molecular flexibility index (Phi) is 6.29. The first-order valence-corrected chi connectivity index (χ1v) is 9.50. The van der Waals surface area contributed by atoms with Gasteiger partial charge in [0, 0.05) is 5.69 Å². The molecule has 0 bridgehead atoms. The second kappa shape index (κ2) is 9.06. The number of aromatic nitrogens is 4. The number of para-hydroxylation sites is 1. The first-order chi connectivity index (χ1) is 14.0. The maximum atomic E-state index is 12.7. The van der Waals surface area contributed by atoms with Crippen LogP contribution in [0, 0.1) is 6.92 Å². The predicted octanol–water partition coefficient (Wildman–Crippen LogP) is 2.18. The molecule has 0 aliphatic rings. The van der Waals surface area contributed by atoms with Crippen LogP contribution in [0.5, 0.6) is 0 Å². The van der Waals surface area contributed by atoms with Gasteiger partial charge in [-0.15, -0.1) is 21.5 Å². The minimum Gasteiger partial charge on any atom is -0.462 e. The molecule has 0 aliphatic carbocycles. The molecule has 3 aromatic rings. The van der Waals surface area contributed by atoms with E-state index >= 15 is 0 Å². The Morgan fingerprint density at radius 3 is 2.59 bits per heavy atom. The number of esters is 1. The summed E-state index contributed by atoms with van der Waals surface area (Å²) in [6.07, 6.45) is -0.138. The van der Waals surface area contributed by atoms with E-state index in [9.17, 15) is 14.4 Å². The van der Waals surface area contributed by atoms with E-state index in [1.807, 2.05) is 6.07 Å². The van der Waals surface area contributed by atoms with Crippen molar-refractivity contribution >= 4 is 39.8 Å². The molecule has 29 heavy (non-hydrogen) atoms. The van der Waals surface area contributed by atoms with Crippen LogP contribution in [-0.2, 0) is 16.0 Å². The summed E-state index contributed by atoms with van der Waals surface area (Å²) < 4.78 is 5.09. The van der Waals surface area contributed by atoms with Crippen molar-refractivity contribution in [3.8, 4) is 0 Å².